The first-order valence-corrected chi connectivity index (χ1v) is 19.0. The maximum absolute atomic E-state index is 9.32. The third-order valence-corrected chi connectivity index (χ3v) is 9.12. The Kier molecular flexibility index (Phi) is 28.7. The Hall–Kier alpha value is -1.33. The summed E-state index contributed by atoms with van der Waals surface area (Å²) in [5.41, 5.74) is 2.09. The third kappa shape index (κ3) is 25.2. The van der Waals surface area contributed by atoms with Gasteiger partial charge in [-0.2, -0.15) is 5.26 Å². The van der Waals surface area contributed by atoms with E-state index < -0.39 is 0 Å². The van der Waals surface area contributed by atoms with E-state index in [0.717, 1.165) is 12.1 Å². The van der Waals surface area contributed by atoms with Crippen LogP contribution in [0.25, 0.3) is 0 Å². The molecule has 1 aromatic rings. The summed E-state index contributed by atoms with van der Waals surface area (Å²) in [4.78, 5) is 2.66. The van der Waals surface area contributed by atoms with E-state index in [1.165, 1.54) is 198 Å². The SMILES string of the molecule is CCCCCCCCCCCCCCCCN(CCCCCCCCCCCCCCCC)Cc1cccc(C#N)c1. The first-order chi connectivity index (χ1) is 20.8. The molecule has 42 heavy (non-hydrogen) atoms. The minimum atomic E-state index is 0.792. The molecular weight excluding hydrogens is 508 g/mol. The molecule has 0 aliphatic carbocycles. The quantitative estimate of drug-likeness (QED) is 0.0792. The Morgan fingerprint density at radius 2 is 0.810 bits per heavy atom. The zero-order chi connectivity index (χ0) is 30.2. The topological polar surface area (TPSA) is 27.0 Å². The fraction of sp³-hybridized carbons (Fsp3) is 0.825. The Morgan fingerprint density at radius 3 is 1.14 bits per heavy atom. The lowest BCUT2D eigenvalue weighted by atomic mass is 10.0. The summed E-state index contributed by atoms with van der Waals surface area (Å²) >= 11 is 0. The first-order valence-electron chi connectivity index (χ1n) is 19.0. The largest absolute Gasteiger partial charge is 0.299 e. The monoisotopic (exact) mass is 581 g/mol. The molecule has 1 aromatic carbocycles. The molecule has 0 aromatic heterocycles. The van der Waals surface area contributed by atoms with Crippen molar-refractivity contribution in [3.63, 3.8) is 0 Å². The highest BCUT2D eigenvalue weighted by Crippen LogP contribution is 2.16. The van der Waals surface area contributed by atoms with Crippen molar-refractivity contribution in [2.45, 2.75) is 200 Å². The normalized spacial score (nSPS) is 11.4. The standard InChI is InChI=1S/C40H72N2/c1-3-5-7-9-11-13-15-17-19-21-23-25-27-29-34-42(38-40-33-31-32-39(36-40)37-41)35-30-28-26-24-22-20-18-16-14-12-10-8-6-4-2/h31-33,36H,3-30,34-35,38H2,1-2H3. The van der Waals surface area contributed by atoms with Gasteiger partial charge in [-0.25, -0.2) is 0 Å². The minimum Gasteiger partial charge on any atom is -0.299 e. The highest BCUT2D eigenvalue weighted by molar-refractivity contribution is 5.32. The molecule has 0 heterocycles. The fourth-order valence-corrected chi connectivity index (χ4v) is 6.33. The second-order valence-corrected chi connectivity index (χ2v) is 13.3. The molecule has 0 saturated carbocycles. The fourth-order valence-electron chi connectivity index (χ4n) is 6.33. The van der Waals surface area contributed by atoms with E-state index in [9.17, 15) is 5.26 Å². The average molecular weight is 581 g/mol. The zero-order valence-corrected chi connectivity index (χ0v) is 28.6. The van der Waals surface area contributed by atoms with Gasteiger partial charge in [0, 0.05) is 6.54 Å². The van der Waals surface area contributed by atoms with Crippen LogP contribution in [0.15, 0.2) is 24.3 Å². The van der Waals surface area contributed by atoms with Gasteiger partial charge in [0.2, 0.25) is 0 Å². The van der Waals surface area contributed by atoms with Gasteiger partial charge in [-0.3, -0.25) is 4.90 Å². The van der Waals surface area contributed by atoms with E-state index in [2.05, 4.69) is 36.9 Å². The van der Waals surface area contributed by atoms with E-state index in [-0.39, 0.29) is 0 Å². The molecule has 0 aliphatic rings. The van der Waals surface area contributed by atoms with E-state index in [0.29, 0.717) is 0 Å². The van der Waals surface area contributed by atoms with Crippen LogP contribution < -0.4 is 0 Å². The molecule has 0 unspecified atom stereocenters. The smallest absolute Gasteiger partial charge is 0.0991 e. The molecule has 0 spiro atoms. The number of benzene rings is 1. The third-order valence-electron chi connectivity index (χ3n) is 9.12. The zero-order valence-electron chi connectivity index (χ0n) is 28.6. The van der Waals surface area contributed by atoms with E-state index >= 15 is 0 Å². The molecule has 0 radical (unpaired) electrons. The van der Waals surface area contributed by atoms with Gasteiger partial charge in [0.05, 0.1) is 11.6 Å². The number of nitrogens with zero attached hydrogens (tertiary/aromatic N) is 2. The molecule has 1 rings (SSSR count). The molecule has 0 N–H and O–H groups in total. The van der Waals surface area contributed by atoms with Crippen molar-refractivity contribution in [1.29, 1.82) is 5.26 Å². The lowest BCUT2D eigenvalue weighted by molar-refractivity contribution is 0.252. The van der Waals surface area contributed by atoms with Crippen LogP contribution in [0.2, 0.25) is 0 Å². The van der Waals surface area contributed by atoms with Crippen LogP contribution in [-0.2, 0) is 6.54 Å². The maximum atomic E-state index is 9.32. The Labute approximate surface area is 264 Å². The average Bonchev–Trinajstić information content (AvgIpc) is 3.01. The second kappa shape index (κ2) is 31.1. The van der Waals surface area contributed by atoms with Crippen molar-refractivity contribution < 1.29 is 0 Å². The van der Waals surface area contributed by atoms with Gasteiger partial charge in [0.1, 0.15) is 0 Å². The van der Waals surface area contributed by atoms with Gasteiger partial charge in [0.25, 0.3) is 0 Å². The predicted molar refractivity (Wildman–Crippen MR) is 187 cm³/mol. The van der Waals surface area contributed by atoms with Gasteiger partial charge in [-0.1, -0.05) is 193 Å². The van der Waals surface area contributed by atoms with Crippen molar-refractivity contribution in [1.82, 2.24) is 4.90 Å². The number of nitriles is 1. The number of unbranched alkanes of at least 4 members (excludes halogenated alkanes) is 26. The van der Waals surface area contributed by atoms with Gasteiger partial charge in [0.15, 0.2) is 0 Å². The van der Waals surface area contributed by atoms with Crippen molar-refractivity contribution in [2.75, 3.05) is 13.1 Å². The molecule has 0 fully saturated rings. The van der Waals surface area contributed by atoms with Crippen molar-refractivity contribution in [2.24, 2.45) is 0 Å². The molecule has 0 amide bonds. The summed E-state index contributed by atoms with van der Waals surface area (Å²) in [5, 5.41) is 9.32. The van der Waals surface area contributed by atoms with Gasteiger partial charge in [-0.15, -0.1) is 0 Å². The van der Waals surface area contributed by atoms with E-state index in [4.69, 9.17) is 0 Å². The molecule has 0 saturated heterocycles. The Bertz CT molecular complexity index is 689. The van der Waals surface area contributed by atoms with Crippen LogP contribution in [-0.4, -0.2) is 18.0 Å². The van der Waals surface area contributed by atoms with E-state index in [1.54, 1.807) is 0 Å². The lowest BCUT2D eigenvalue weighted by Crippen LogP contribution is -2.25. The van der Waals surface area contributed by atoms with Crippen molar-refractivity contribution >= 4 is 0 Å². The van der Waals surface area contributed by atoms with E-state index in [1.807, 2.05) is 12.1 Å². The summed E-state index contributed by atoms with van der Waals surface area (Å²) in [6.07, 6.45) is 39.7. The highest BCUT2D eigenvalue weighted by Gasteiger charge is 2.07. The second-order valence-electron chi connectivity index (χ2n) is 13.3. The molecule has 2 nitrogen and oxygen atoms in total. The molecule has 242 valence electrons. The number of hydrogen-bond acceptors (Lipinski definition) is 2. The van der Waals surface area contributed by atoms with Crippen LogP contribution >= 0.6 is 0 Å². The van der Waals surface area contributed by atoms with Crippen LogP contribution in [0.1, 0.15) is 205 Å². The Balaban J connectivity index is 2.12. The van der Waals surface area contributed by atoms with Crippen LogP contribution in [0.4, 0.5) is 0 Å². The molecule has 0 aliphatic heterocycles. The maximum Gasteiger partial charge on any atom is 0.0991 e. The summed E-state index contributed by atoms with van der Waals surface area (Å²) in [7, 11) is 0. The van der Waals surface area contributed by atoms with Gasteiger partial charge >= 0.3 is 0 Å². The summed E-state index contributed by atoms with van der Waals surface area (Å²) in [6.45, 7) is 8.00. The number of rotatable bonds is 32. The summed E-state index contributed by atoms with van der Waals surface area (Å²) < 4.78 is 0. The predicted octanol–water partition coefficient (Wildman–Crippen LogP) is 13.3. The van der Waals surface area contributed by atoms with Gasteiger partial charge in [-0.05, 0) is 43.6 Å². The number of hydrogen-bond donors (Lipinski definition) is 0. The van der Waals surface area contributed by atoms with Crippen LogP contribution in [0.5, 0.6) is 0 Å². The van der Waals surface area contributed by atoms with Crippen molar-refractivity contribution in [3.8, 4) is 6.07 Å². The Morgan fingerprint density at radius 1 is 0.476 bits per heavy atom. The molecule has 0 bridgehead atoms. The summed E-state index contributed by atoms with van der Waals surface area (Å²) in [5.74, 6) is 0. The molecule has 2 heteroatoms. The minimum absolute atomic E-state index is 0.792. The van der Waals surface area contributed by atoms with Crippen molar-refractivity contribution in [3.05, 3.63) is 35.4 Å². The first kappa shape index (κ1) is 38.7. The molecular formula is C40H72N2. The van der Waals surface area contributed by atoms with Crippen LogP contribution in [0, 0.1) is 11.3 Å². The summed E-state index contributed by atoms with van der Waals surface area (Å²) in [6, 6.07) is 10.6. The molecule has 0 atom stereocenters. The highest BCUT2D eigenvalue weighted by atomic mass is 15.1. The lowest BCUT2D eigenvalue weighted by Gasteiger charge is -2.22. The van der Waals surface area contributed by atoms with Gasteiger partial charge < -0.3 is 0 Å². The van der Waals surface area contributed by atoms with Crippen LogP contribution in [0.3, 0.4) is 0 Å².